The molecular formula is C63H106Cl2O18S2Si6. The molecule has 3 saturated heterocycles. The van der Waals surface area contributed by atoms with Gasteiger partial charge in [0.25, 0.3) is 0 Å². The molecule has 4 unspecified atom stereocenters. The zero-order valence-corrected chi connectivity index (χ0v) is 66.8. The van der Waals surface area contributed by atoms with E-state index in [1.807, 2.05) is 52.0 Å². The van der Waals surface area contributed by atoms with Gasteiger partial charge in [-0.3, -0.25) is 0 Å². The maximum Gasteiger partial charge on any atom is 0.337 e. The number of benzene rings is 2. The number of hydrogen-bond acceptors (Lipinski definition) is 20. The smallest absolute Gasteiger partial charge is 0.337 e. The third-order valence-electron chi connectivity index (χ3n) is 14.9. The number of ether oxygens (including phenoxy) is 4. The molecule has 3 fully saturated rings. The van der Waals surface area contributed by atoms with Crippen molar-refractivity contribution >= 4 is 102 Å². The van der Waals surface area contributed by atoms with Crippen molar-refractivity contribution in [3.8, 4) is 0 Å². The van der Waals surface area contributed by atoms with E-state index in [1.165, 1.54) is 29.8 Å². The lowest BCUT2D eigenvalue weighted by atomic mass is 9.85. The molecule has 2 aromatic carbocycles. The molecule has 4 aromatic rings. The summed E-state index contributed by atoms with van der Waals surface area (Å²) < 4.78 is 64.1. The lowest BCUT2D eigenvalue weighted by Crippen LogP contribution is -2.68. The van der Waals surface area contributed by atoms with Crippen molar-refractivity contribution in [3.63, 3.8) is 0 Å². The molecule has 7 N–H and O–H groups in total. The second kappa shape index (κ2) is 31.6. The first-order valence-electron chi connectivity index (χ1n) is 31.3. The zero-order valence-electron chi connectivity index (χ0n) is 57.7. The van der Waals surface area contributed by atoms with Crippen molar-refractivity contribution < 1.29 is 86.0 Å². The molecule has 16 atom stereocenters. The van der Waals surface area contributed by atoms with Gasteiger partial charge in [0.15, 0.2) is 56.0 Å². The Balaban J connectivity index is 0.000000257. The maximum absolute atomic E-state index is 12.6. The fourth-order valence-electron chi connectivity index (χ4n) is 11.1. The lowest BCUT2D eigenvalue weighted by Gasteiger charge is -2.54. The monoisotopic (exact) mass is 1450 g/mol. The summed E-state index contributed by atoms with van der Waals surface area (Å²) in [6.07, 6.45) is -10.1. The van der Waals surface area contributed by atoms with E-state index in [0.29, 0.717) is 48.6 Å². The molecule has 0 amide bonds. The van der Waals surface area contributed by atoms with E-state index in [4.69, 9.17) is 68.7 Å². The van der Waals surface area contributed by atoms with Crippen molar-refractivity contribution in [2.24, 2.45) is 0 Å². The minimum atomic E-state index is -2.21. The number of carbonyl (C=O) groups is 1. The van der Waals surface area contributed by atoms with Gasteiger partial charge < -0.3 is 81.2 Å². The van der Waals surface area contributed by atoms with Crippen LogP contribution in [0.2, 0.25) is 127 Å². The molecule has 91 heavy (non-hydrogen) atoms. The normalized spacial score (nSPS) is 29.3. The third-order valence-corrected chi connectivity index (χ3v) is 23.3. The fourth-order valence-corrected chi connectivity index (χ4v) is 19.6. The Morgan fingerprint density at radius 1 is 0.538 bits per heavy atom. The van der Waals surface area contributed by atoms with Crippen molar-refractivity contribution in [2.45, 2.75) is 255 Å². The zero-order chi connectivity index (χ0) is 69.1. The van der Waals surface area contributed by atoms with Crippen LogP contribution in [0, 0.1) is 13.8 Å². The highest BCUT2D eigenvalue weighted by Crippen LogP contribution is 2.46. The molecule has 3 aliphatic heterocycles. The van der Waals surface area contributed by atoms with E-state index in [-0.39, 0.29) is 30.4 Å². The molecule has 516 valence electrons. The summed E-state index contributed by atoms with van der Waals surface area (Å²) in [5.41, 5.74) is 3.78. The number of aliphatic hydroxyl groups excluding tert-OH is 6. The van der Waals surface area contributed by atoms with Gasteiger partial charge in [0, 0.05) is 28.0 Å². The van der Waals surface area contributed by atoms with Gasteiger partial charge in [-0.2, -0.15) is 0 Å². The van der Waals surface area contributed by atoms with Crippen LogP contribution >= 0.6 is 45.9 Å². The number of thiophene rings is 2. The number of rotatable bonds is 22. The first-order chi connectivity index (χ1) is 41.6. The van der Waals surface area contributed by atoms with Gasteiger partial charge in [-0.05, 0) is 203 Å². The van der Waals surface area contributed by atoms with Gasteiger partial charge in [-0.1, -0.05) is 61.3 Å². The van der Waals surface area contributed by atoms with Gasteiger partial charge in [0.1, 0.15) is 67.1 Å². The molecule has 2 aromatic heterocycles. The van der Waals surface area contributed by atoms with E-state index in [9.17, 15) is 40.5 Å². The average Bonchev–Trinajstić information content (AvgIpc) is 1.03. The summed E-state index contributed by atoms with van der Waals surface area (Å²) in [5, 5.41) is 75.1. The lowest BCUT2D eigenvalue weighted by molar-refractivity contribution is -0.366. The number of methoxy groups -OCH3 is 1. The second-order valence-electron chi connectivity index (χ2n) is 29.6. The predicted molar refractivity (Wildman–Crippen MR) is 376 cm³/mol. The number of aliphatic hydroxyl groups is 7. The van der Waals surface area contributed by atoms with Gasteiger partial charge in [-0.15, -0.1) is 22.7 Å². The summed E-state index contributed by atoms with van der Waals surface area (Å²) in [4.78, 5) is 14.0. The molecule has 0 saturated carbocycles. The third kappa shape index (κ3) is 21.5. The highest BCUT2D eigenvalue weighted by Gasteiger charge is 2.60. The van der Waals surface area contributed by atoms with Gasteiger partial charge in [-0.25, -0.2) is 4.79 Å². The molecular weight excluding hydrogens is 1350 g/mol. The molecule has 0 spiro atoms. The number of esters is 1. The first kappa shape index (κ1) is 80.2. The molecule has 28 heteroatoms. The minimum absolute atomic E-state index is 0.257. The summed E-state index contributed by atoms with van der Waals surface area (Å²) in [5.74, 6) is -3.94. The maximum atomic E-state index is 12.6. The van der Waals surface area contributed by atoms with Crippen LogP contribution in [0.3, 0.4) is 0 Å². The van der Waals surface area contributed by atoms with Crippen LogP contribution in [-0.4, -0.2) is 179 Å². The van der Waals surface area contributed by atoms with E-state index in [0.717, 1.165) is 16.0 Å². The number of cyclic esters (lactones) is 1. The number of halogens is 2. The molecule has 0 aliphatic carbocycles. The quantitative estimate of drug-likeness (QED) is 0.0285. The Bertz CT molecular complexity index is 2990. The fraction of sp³-hybridized carbons (Fsp3) is 0.667. The molecule has 0 bridgehead atoms. The van der Waals surface area contributed by atoms with Crippen LogP contribution in [0.5, 0.6) is 0 Å². The Kier molecular flexibility index (Phi) is 27.9. The first-order valence-corrected chi connectivity index (χ1v) is 54.1. The van der Waals surface area contributed by atoms with Gasteiger partial charge >= 0.3 is 5.97 Å². The Hall–Kier alpha value is -1.45. The molecule has 5 heterocycles. The molecule has 0 radical (unpaired) electrons. The highest BCUT2D eigenvalue weighted by molar-refractivity contribution is 7.16. The van der Waals surface area contributed by atoms with Crippen LogP contribution in [0.1, 0.15) is 82.0 Å². The summed E-state index contributed by atoms with van der Waals surface area (Å²) in [6.45, 7) is 45.5. The van der Waals surface area contributed by atoms with Crippen LogP contribution in [0.15, 0.2) is 60.7 Å². The topological polar surface area (TPSA) is 251 Å². The van der Waals surface area contributed by atoms with Crippen molar-refractivity contribution in [1.29, 1.82) is 0 Å². The largest absolute Gasteiger partial charge is 0.458 e. The summed E-state index contributed by atoms with van der Waals surface area (Å²) >= 11 is 14.7. The SMILES string of the molecule is CC[C@H]1OC(=O)[C@H](O[Si](C)(C)C)[C@@H](O[Si](C)(C)C)[C@@H]1O[Si](C)(C)C.CC[C@H]1OC(O)(c2ccc(C)c(C(O)c3ccc(Cl)s3)c2)[C@H](O[Si](C)(C)C)[C@@H](O[Si](C)(C)C)[C@@H]1O[Si](C)(C)C.COC1(c2ccc(C)c(C(O)c3ccc(Cl)s3)c2)O[C@H](CO)[C@@H](O)[C@H](O)[C@H]1O. The molecule has 7 rings (SSSR count). The van der Waals surface area contributed by atoms with E-state index < -0.39 is 129 Å². The van der Waals surface area contributed by atoms with Gasteiger partial charge in [0.05, 0.1) is 27.5 Å². The van der Waals surface area contributed by atoms with Crippen LogP contribution in [-0.2, 0) is 61.9 Å². The van der Waals surface area contributed by atoms with Crippen LogP contribution in [0.4, 0.5) is 0 Å². The molecule has 3 aliphatic rings. The molecule has 18 nitrogen and oxygen atoms in total. The second-order valence-corrected chi connectivity index (χ2v) is 59.8. The van der Waals surface area contributed by atoms with E-state index in [2.05, 4.69) is 118 Å². The summed E-state index contributed by atoms with van der Waals surface area (Å²) in [7, 11) is -10.7. The number of hydrogen-bond donors (Lipinski definition) is 7. The Morgan fingerprint density at radius 3 is 1.34 bits per heavy atom. The van der Waals surface area contributed by atoms with Crippen molar-refractivity contribution in [2.75, 3.05) is 13.7 Å². The minimum Gasteiger partial charge on any atom is -0.458 e. The van der Waals surface area contributed by atoms with Crippen LogP contribution < -0.4 is 0 Å². The van der Waals surface area contributed by atoms with E-state index >= 15 is 0 Å². The average molecular weight is 1460 g/mol. The van der Waals surface area contributed by atoms with E-state index in [1.54, 1.807) is 36.4 Å². The van der Waals surface area contributed by atoms with Crippen molar-refractivity contribution in [3.05, 3.63) is 112 Å². The van der Waals surface area contributed by atoms with Gasteiger partial charge in [0.2, 0.25) is 11.6 Å². The van der Waals surface area contributed by atoms with Crippen LogP contribution in [0.25, 0.3) is 0 Å². The standard InChI is InChI=1S/C28H47ClO6SSi3.C19H23ClO7S.C16H36O5Si3/c1-12-21-25(33-37(3,4)5)26(34-38(6,7)8)27(35-39(9,10)11)28(31,32-21)19-14-13-18(2)20(17-19)24(30)22-15-16-23(29)36-22;1-9-3-4-10(7-11(9)15(22)13-5-6-14(20)28-13)19(26-2)18(25)17(24)16(23)12(8-21)27-19;1-11-12-13(19-22(2,3)4)14(20-23(5,6)7)15(16(17)18-12)21-24(8,9)10/h13-17,21,24-27,30-31H,12H2,1-11H3;3-7,12,15-18,21-25H,8H2,1-2H3;12-15H,11H2,1-10H3/t21-,24?,25-,26+,27-,28?;12-,15?,16-,17+,18-,19?;12-,13-,14+,15-/m111/s1. The summed E-state index contributed by atoms with van der Waals surface area (Å²) in [6, 6.07) is 17.6. The number of carbonyl (C=O) groups excluding carboxylic acids is 1. The Labute approximate surface area is 565 Å². The Morgan fingerprint density at radius 2 is 0.945 bits per heavy atom. The highest BCUT2D eigenvalue weighted by atomic mass is 35.5. The number of aryl methyl sites for hydroxylation is 2. The van der Waals surface area contributed by atoms with Crippen molar-refractivity contribution in [1.82, 2.24) is 0 Å². The predicted octanol–water partition coefficient (Wildman–Crippen LogP) is 12.5.